The maximum atomic E-state index is 13.9. The van der Waals surface area contributed by atoms with Crippen LogP contribution in [0, 0.1) is 22.7 Å². The first-order chi connectivity index (χ1) is 17.3. The first-order valence-corrected chi connectivity index (χ1v) is 13.1. The van der Waals surface area contributed by atoms with Crippen molar-refractivity contribution in [2.75, 3.05) is 13.2 Å². The van der Waals surface area contributed by atoms with Crippen LogP contribution >= 0.6 is 23.2 Å². The Kier molecular flexibility index (Phi) is 8.24. The van der Waals surface area contributed by atoms with Crippen molar-refractivity contribution in [2.24, 2.45) is 11.3 Å². The van der Waals surface area contributed by atoms with Gasteiger partial charge in [0.1, 0.15) is 0 Å². The molecular formula is C28H30Cl2N2O4. The number of piperidine rings is 1. The second-order valence-corrected chi connectivity index (χ2v) is 10.8. The fraction of sp³-hybridized carbons (Fsp3) is 0.464. The monoisotopic (exact) mass is 528 g/mol. The molecule has 4 rings (SSSR count). The summed E-state index contributed by atoms with van der Waals surface area (Å²) in [6.45, 7) is 2.61. The normalized spacial score (nSPS) is 23.7. The largest absolute Gasteiger partial charge is 0.481 e. The maximum absolute atomic E-state index is 13.9. The van der Waals surface area contributed by atoms with E-state index in [-0.39, 0.29) is 36.9 Å². The Morgan fingerprint density at radius 1 is 1.19 bits per heavy atom. The number of carbonyl (C=O) groups is 2. The van der Waals surface area contributed by atoms with Crippen molar-refractivity contribution < 1.29 is 19.4 Å². The minimum absolute atomic E-state index is 0.171. The smallest absolute Gasteiger partial charge is 0.304 e. The lowest BCUT2D eigenvalue weighted by atomic mass is 9.74. The van der Waals surface area contributed by atoms with Gasteiger partial charge in [-0.15, -0.1) is 0 Å². The fourth-order valence-electron chi connectivity index (χ4n) is 5.20. The number of carbonyl (C=O) groups excluding carboxylic acids is 1. The summed E-state index contributed by atoms with van der Waals surface area (Å²) in [5.41, 5.74) is 1.46. The Morgan fingerprint density at radius 3 is 2.50 bits per heavy atom. The number of benzene rings is 2. The van der Waals surface area contributed by atoms with Crippen LogP contribution in [-0.2, 0) is 14.3 Å². The quantitative estimate of drug-likeness (QED) is 0.394. The molecule has 2 aromatic carbocycles. The summed E-state index contributed by atoms with van der Waals surface area (Å²) < 4.78 is 6.01. The lowest BCUT2D eigenvalue weighted by molar-refractivity contribution is -0.154. The van der Waals surface area contributed by atoms with Crippen LogP contribution in [0.25, 0.3) is 0 Å². The summed E-state index contributed by atoms with van der Waals surface area (Å²) in [7, 11) is 0. The Bertz CT molecular complexity index is 1140. The Hall–Kier alpha value is -2.59. The molecule has 2 aliphatic rings. The molecule has 1 saturated heterocycles. The van der Waals surface area contributed by atoms with E-state index in [1.807, 2.05) is 42.2 Å². The van der Waals surface area contributed by atoms with Gasteiger partial charge in [0.2, 0.25) is 5.91 Å². The first-order valence-electron chi connectivity index (χ1n) is 12.3. The van der Waals surface area contributed by atoms with E-state index in [9.17, 15) is 20.0 Å². The molecule has 36 heavy (non-hydrogen) atoms. The molecule has 1 heterocycles. The molecular weight excluding hydrogens is 499 g/mol. The van der Waals surface area contributed by atoms with E-state index in [2.05, 4.69) is 6.07 Å². The van der Waals surface area contributed by atoms with E-state index in [1.165, 1.54) is 0 Å². The maximum Gasteiger partial charge on any atom is 0.304 e. The van der Waals surface area contributed by atoms with Crippen LogP contribution in [-0.4, -0.2) is 41.1 Å². The van der Waals surface area contributed by atoms with E-state index >= 15 is 0 Å². The molecule has 1 unspecified atom stereocenters. The van der Waals surface area contributed by atoms with E-state index < -0.39 is 17.3 Å². The number of rotatable bonds is 10. The highest BCUT2D eigenvalue weighted by Crippen LogP contribution is 2.48. The van der Waals surface area contributed by atoms with Crippen LogP contribution < -0.4 is 0 Å². The summed E-state index contributed by atoms with van der Waals surface area (Å²) in [6.07, 6.45) is 2.43. The van der Waals surface area contributed by atoms with Crippen LogP contribution in [0.3, 0.4) is 0 Å². The van der Waals surface area contributed by atoms with Crippen molar-refractivity contribution >= 4 is 35.1 Å². The average molecular weight is 529 g/mol. The van der Waals surface area contributed by atoms with E-state index in [4.69, 9.17) is 27.9 Å². The van der Waals surface area contributed by atoms with Gasteiger partial charge in [-0.25, -0.2) is 0 Å². The third kappa shape index (κ3) is 5.86. The first kappa shape index (κ1) is 26.5. The van der Waals surface area contributed by atoms with E-state index in [1.54, 1.807) is 18.2 Å². The molecule has 6 nitrogen and oxygen atoms in total. The summed E-state index contributed by atoms with van der Waals surface area (Å²) in [5.74, 6) is -2.03. The second kappa shape index (κ2) is 11.2. The van der Waals surface area contributed by atoms with Gasteiger partial charge in [-0.2, -0.15) is 5.26 Å². The third-order valence-electron chi connectivity index (χ3n) is 7.38. The Labute approximate surface area is 221 Å². The van der Waals surface area contributed by atoms with Gasteiger partial charge in [0.05, 0.1) is 43.2 Å². The van der Waals surface area contributed by atoms with Gasteiger partial charge in [-0.1, -0.05) is 54.4 Å². The van der Waals surface area contributed by atoms with Crippen molar-refractivity contribution in [2.45, 2.75) is 57.0 Å². The third-order valence-corrected chi connectivity index (χ3v) is 7.86. The molecule has 0 radical (unpaired) electrons. The van der Waals surface area contributed by atoms with Crippen molar-refractivity contribution in [1.29, 1.82) is 5.26 Å². The molecule has 0 spiro atoms. The minimum Gasteiger partial charge on any atom is -0.481 e. The summed E-state index contributed by atoms with van der Waals surface area (Å²) in [5, 5.41) is 20.2. The van der Waals surface area contributed by atoms with Gasteiger partial charge < -0.3 is 14.7 Å². The topological polar surface area (TPSA) is 90.6 Å². The number of hydrogen-bond acceptors (Lipinski definition) is 4. The zero-order valence-electron chi connectivity index (χ0n) is 20.2. The number of amides is 1. The lowest BCUT2D eigenvalue weighted by Crippen LogP contribution is -2.53. The van der Waals surface area contributed by atoms with E-state index in [0.717, 1.165) is 24.0 Å². The molecule has 2 fully saturated rings. The van der Waals surface area contributed by atoms with Gasteiger partial charge in [-0.05, 0) is 61.1 Å². The summed E-state index contributed by atoms with van der Waals surface area (Å²) in [6, 6.07) is 16.7. The predicted octanol–water partition coefficient (Wildman–Crippen LogP) is 6.24. The number of likely N-dealkylation sites (tertiary alicyclic amines) is 1. The zero-order chi connectivity index (χ0) is 25.9. The molecule has 1 saturated carbocycles. The lowest BCUT2D eigenvalue weighted by Gasteiger charge is -2.48. The Morgan fingerprint density at radius 2 is 1.92 bits per heavy atom. The number of ether oxygens (including phenoxy) is 1. The standard InChI is InChI=1S/C28H30Cl2N2O4/c1-2-23(15-36-17-28(16-31)10-11-28)32-26(18-6-8-21(29)9-7-18)24(19-4-3-5-22(30)12-19)13-20(27(32)35)14-25(33)34/h3-9,12,20,23-24,26H,2,10-11,13-15,17H2,1H3,(H,33,34)/t20-,23+,24-,26?/m1/s1. The highest BCUT2D eigenvalue weighted by molar-refractivity contribution is 6.30. The van der Waals surface area contributed by atoms with Gasteiger partial charge in [-0.3, -0.25) is 9.59 Å². The van der Waals surface area contributed by atoms with Crippen LogP contribution in [0.4, 0.5) is 0 Å². The molecule has 8 heteroatoms. The van der Waals surface area contributed by atoms with Crippen molar-refractivity contribution in [3.8, 4) is 6.07 Å². The number of nitrogens with zero attached hydrogens (tertiary/aromatic N) is 2. The molecule has 1 N–H and O–H groups in total. The molecule has 1 aliphatic heterocycles. The molecule has 1 aliphatic carbocycles. The van der Waals surface area contributed by atoms with Crippen molar-refractivity contribution in [3.05, 3.63) is 69.7 Å². The van der Waals surface area contributed by atoms with Gasteiger partial charge in [0.15, 0.2) is 0 Å². The molecule has 1 amide bonds. The molecule has 4 atom stereocenters. The predicted molar refractivity (Wildman–Crippen MR) is 138 cm³/mol. The Balaban J connectivity index is 1.74. The molecule has 190 valence electrons. The van der Waals surface area contributed by atoms with Crippen LogP contribution in [0.1, 0.15) is 62.1 Å². The van der Waals surface area contributed by atoms with Crippen molar-refractivity contribution in [3.63, 3.8) is 0 Å². The minimum atomic E-state index is -1.00. The van der Waals surface area contributed by atoms with Crippen LogP contribution in [0.5, 0.6) is 0 Å². The number of carboxylic acid groups (broad SMARTS) is 1. The van der Waals surface area contributed by atoms with Crippen molar-refractivity contribution in [1.82, 2.24) is 4.90 Å². The van der Waals surface area contributed by atoms with Crippen LogP contribution in [0.2, 0.25) is 10.0 Å². The number of hydrogen-bond donors (Lipinski definition) is 1. The summed E-state index contributed by atoms with van der Waals surface area (Å²) in [4.78, 5) is 27.4. The molecule has 2 aromatic rings. The molecule has 0 aromatic heterocycles. The number of nitriles is 1. The van der Waals surface area contributed by atoms with Crippen LogP contribution in [0.15, 0.2) is 48.5 Å². The van der Waals surface area contributed by atoms with Gasteiger partial charge in [0.25, 0.3) is 0 Å². The number of halogens is 2. The van der Waals surface area contributed by atoms with Gasteiger partial charge >= 0.3 is 5.97 Å². The van der Waals surface area contributed by atoms with E-state index in [0.29, 0.717) is 29.5 Å². The number of aliphatic carboxylic acids is 1. The van der Waals surface area contributed by atoms with Gasteiger partial charge in [0, 0.05) is 21.9 Å². The highest BCUT2D eigenvalue weighted by Gasteiger charge is 2.47. The SMILES string of the molecule is CC[C@@H](COCC1(C#N)CC1)N1C(=O)[C@@H](CC(=O)O)C[C@H](c2cccc(Cl)c2)C1c1ccc(Cl)cc1. The summed E-state index contributed by atoms with van der Waals surface area (Å²) >= 11 is 12.5. The number of carboxylic acids is 1. The molecule has 0 bridgehead atoms. The zero-order valence-corrected chi connectivity index (χ0v) is 21.7. The highest BCUT2D eigenvalue weighted by atomic mass is 35.5. The second-order valence-electron chi connectivity index (χ2n) is 9.90. The average Bonchev–Trinajstić information content (AvgIpc) is 3.64. The fourth-order valence-corrected chi connectivity index (χ4v) is 5.52.